The summed E-state index contributed by atoms with van der Waals surface area (Å²) in [6.07, 6.45) is 8.97. The highest BCUT2D eigenvalue weighted by Gasteiger charge is 2.37. The summed E-state index contributed by atoms with van der Waals surface area (Å²) in [7, 11) is 0. The van der Waals surface area contributed by atoms with E-state index in [0.29, 0.717) is 18.2 Å². The summed E-state index contributed by atoms with van der Waals surface area (Å²) in [4.78, 5) is 0. The van der Waals surface area contributed by atoms with Gasteiger partial charge in [-0.1, -0.05) is 18.2 Å². The van der Waals surface area contributed by atoms with Gasteiger partial charge < -0.3 is 0 Å². The quantitative estimate of drug-likeness (QED) is 0.454. The van der Waals surface area contributed by atoms with Crippen molar-refractivity contribution in [3.8, 4) is 0 Å². The lowest BCUT2D eigenvalue weighted by molar-refractivity contribution is 0.406. The first kappa shape index (κ1) is 7.74. The summed E-state index contributed by atoms with van der Waals surface area (Å²) in [5.41, 5.74) is 1.53. The van der Waals surface area contributed by atoms with Crippen LogP contribution >= 0.6 is 0 Å². The molecule has 0 amide bonds. The van der Waals surface area contributed by atoms with Crippen LogP contribution in [0.2, 0.25) is 0 Å². The molecule has 3 atom stereocenters. The van der Waals surface area contributed by atoms with E-state index in [4.69, 9.17) is 0 Å². The summed E-state index contributed by atoms with van der Waals surface area (Å²) >= 11 is 0. The van der Waals surface area contributed by atoms with Crippen LogP contribution in [0.3, 0.4) is 0 Å². The zero-order valence-electron chi connectivity index (χ0n) is 7.59. The molecule has 3 N–H and O–H groups in total. The molecule has 3 aliphatic rings. The third-order valence-electron chi connectivity index (χ3n) is 3.10. The first-order valence-corrected chi connectivity index (χ1v) is 5.04. The van der Waals surface area contributed by atoms with E-state index in [2.05, 4.69) is 34.2 Å². The Kier molecular flexibility index (Phi) is 1.75. The second-order valence-corrected chi connectivity index (χ2v) is 3.89. The maximum atomic E-state index is 3.55. The van der Waals surface area contributed by atoms with Crippen molar-refractivity contribution in [1.29, 1.82) is 0 Å². The highest BCUT2D eigenvalue weighted by molar-refractivity contribution is 5.29. The van der Waals surface area contributed by atoms with Crippen molar-refractivity contribution >= 4 is 0 Å². The molecule has 70 valence electrons. The third kappa shape index (κ3) is 1.15. The van der Waals surface area contributed by atoms with Crippen molar-refractivity contribution in [3.63, 3.8) is 0 Å². The highest BCUT2D eigenvalue weighted by atomic mass is 15.3. The fourth-order valence-electron chi connectivity index (χ4n) is 2.48. The number of hydrogen-bond acceptors (Lipinski definition) is 3. The van der Waals surface area contributed by atoms with Gasteiger partial charge in [0, 0.05) is 19.0 Å². The molecule has 3 heteroatoms. The average molecular weight is 177 g/mol. The molecule has 0 radical (unpaired) electrons. The molecule has 0 saturated carbocycles. The lowest BCUT2D eigenvalue weighted by Crippen LogP contribution is -2.48. The van der Waals surface area contributed by atoms with Gasteiger partial charge in [0.25, 0.3) is 0 Å². The molecule has 0 spiro atoms. The first-order valence-electron chi connectivity index (χ1n) is 5.04. The van der Waals surface area contributed by atoms with Gasteiger partial charge in [0.1, 0.15) is 0 Å². The van der Waals surface area contributed by atoms with E-state index in [0.717, 1.165) is 13.1 Å². The monoisotopic (exact) mass is 177 g/mol. The Bertz CT molecular complexity index is 269. The van der Waals surface area contributed by atoms with Gasteiger partial charge in [-0.2, -0.15) is 0 Å². The van der Waals surface area contributed by atoms with E-state index in [-0.39, 0.29) is 0 Å². The Morgan fingerprint density at radius 1 is 1.31 bits per heavy atom. The molecule has 0 aromatic rings. The van der Waals surface area contributed by atoms with Gasteiger partial charge >= 0.3 is 0 Å². The molecular formula is C10H15N3. The molecule has 1 fully saturated rings. The Morgan fingerprint density at radius 3 is 3.31 bits per heavy atom. The maximum absolute atomic E-state index is 3.55. The van der Waals surface area contributed by atoms with Crippen molar-refractivity contribution in [1.82, 2.24) is 16.0 Å². The van der Waals surface area contributed by atoms with E-state index < -0.39 is 0 Å². The molecule has 0 aliphatic carbocycles. The smallest absolute Gasteiger partial charge is 0.0813 e. The molecule has 0 bridgehead atoms. The Hall–Kier alpha value is -0.640. The van der Waals surface area contributed by atoms with Crippen molar-refractivity contribution in [2.24, 2.45) is 5.92 Å². The van der Waals surface area contributed by atoms with Crippen LogP contribution in [0.1, 0.15) is 6.42 Å². The second-order valence-electron chi connectivity index (χ2n) is 3.89. The van der Waals surface area contributed by atoms with Gasteiger partial charge in [-0.15, -0.1) is 0 Å². The van der Waals surface area contributed by atoms with Crippen LogP contribution in [-0.2, 0) is 0 Å². The zero-order chi connectivity index (χ0) is 8.67. The molecule has 3 nitrogen and oxygen atoms in total. The molecule has 3 aliphatic heterocycles. The van der Waals surface area contributed by atoms with E-state index in [9.17, 15) is 0 Å². The van der Waals surface area contributed by atoms with E-state index >= 15 is 0 Å². The van der Waals surface area contributed by atoms with Crippen LogP contribution < -0.4 is 16.0 Å². The predicted octanol–water partition coefficient (Wildman–Crippen LogP) is -0.0629. The standard InChI is InChI=1S/C10H15N3/c1-3-7-8-4-2-6-12-10(8)13-9(7)11-5-1/h1,3-4,7,9-13H,2,5-6H2. The molecule has 0 aromatic carbocycles. The zero-order valence-corrected chi connectivity index (χ0v) is 7.59. The second kappa shape index (κ2) is 2.94. The minimum Gasteiger partial charge on any atom is -0.298 e. The van der Waals surface area contributed by atoms with E-state index in [1.54, 1.807) is 0 Å². The summed E-state index contributed by atoms with van der Waals surface area (Å²) < 4.78 is 0. The Labute approximate surface area is 78.3 Å². The van der Waals surface area contributed by atoms with Crippen LogP contribution in [0.4, 0.5) is 0 Å². The summed E-state index contributed by atoms with van der Waals surface area (Å²) in [6.45, 7) is 2.10. The van der Waals surface area contributed by atoms with Crippen LogP contribution in [0, 0.1) is 5.92 Å². The molecule has 3 rings (SSSR count). The maximum Gasteiger partial charge on any atom is 0.0813 e. The van der Waals surface area contributed by atoms with Gasteiger partial charge in [0.15, 0.2) is 0 Å². The van der Waals surface area contributed by atoms with Crippen molar-refractivity contribution in [2.45, 2.75) is 18.8 Å². The number of rotatable bonds is 0. The number of fused-ring (bicyclic) bond motifs is 3. The lowest BCUT2D eigenvalue weighted by atomic mass is 9.94. The van der Waals surface area contributed by atoms with Crippen molar-refractivity contribution < 1.29 is 0 Å². The van der Waals surface area contributed by atoms with E-state index in [1.807, 2.05) is 0 Å². The summed E-state index contributed by atoms with van der Waals surface area (Å²) in [5.74, 6) is 0.576. The molecule has 13 heavy (non-hydrogen) atoms. The molecule has 3 heterocycles. The topological polar surface area (TPSA) is 36.1 Å². The average Bonchev–Trinajstić information content (AvgIpc) is 2.56. The van der Waals surface area contributed by atoms with Gasteiger partial charge in [-0.25, -0.2) is 0 Å². The van der Waals surface area contributed by atoms with Crippen LogP contribution in [0.15, 0.2) is 23.8 Å². The third-order valence-corrected chi connectivity index (χ3v) is 3.10. The molecule has 0 aromatic heterocycles. The van der Waals surface area contributed by atoms with Crippen molar-refractivity contribution in [3.05, 3.63) is 23.8 Å². The summed E-state index contributed by atoms with van der Waals surface area (Å²) in [5, 5.41) is 10.5. The highest BCUT2D eigenvalue weighted by Crippen LogP contribution is 2.29. The Morgan fingerprint density at radius 2 is 2.31 bits per heavy atom. The lowest BCUT2D eigenvalue weighted by Gasteiger charge is -2.21. The fourth-order valence-corrected chi connectivity index (χ4v) is 2.48. The first-order chi connectivity index (χ1) is 6.45. The van der Waals surface area contributed by atoms with Gasteiger partial charge in [-0.05, 0) is 12.0 Å². The summed E-state index contributed by atoms with van der Waals surface area (Å²) in [6, 6.07) is 0. The van der Waals surface area contributed by atoms with Gasteiger partial charge in [0.2, 0.25) is 0 Å². The SMILES string of the molecule is C1=CC2C3=CCCNC3NC2NC1. The van der Waals surface area contributed by atoms with Gasteiger partial charge in [-0.3, -0.25) is 16.0 Å². The number of hydrogen-bond donors (Lipinski definition) is 3. The molecule has 3 unspecified atom stereocenters. The van der Waals surface area contributed by atoms with Crippen molar-refractivity contribution in [2.75, 3.05) is 13.1 Å². The molecule has 1 saturated heterocycles. The largest absolute Gasteiger partial charge is 0.298 e. The molecular weight excluding hydrogens is 162 g/mol. The fraction of sp³-hybridized carbons (Fsp3) is 0.600. The minimum atomic E-state index is 0.416. The minimum absolute atomic E-state index is 0.416. The normalized spacial score (nSPS) is 42.5. The van der Waals surface area contributed by atoms with Gasteiger partial charge in [0.05, 0.1) is 12.3 Å². The van der Waals surface area contributed by atoms with Crippen LogP contribution in [0.5, 0.6) is 0 Å². The van der Waals surface area contributed by atoms with Crippen LogP contribution in [0.25, 0.3) is 0 Å². The number of nitrogens with one attached hydrogen (secondary N) is 3. The Balaban J connectivity index is 1.93. The predicted molar refractivity (Wildman–Crippen MR) is 52.0 cm³/mol. The van der Waals surface area contributed by atoms with Crippen LogP contribution in [-0.4, -0.2) is 25.4 Å². The van der Waals surface area contributed by atoms with E-state index in [1.165, 1.54) is 12.0 Å².